The van der Waals surface area contributed by atoms with Gasteiger partial charge in [-0.15, -0.1) is 24.0 Å². The van der Waals surface area contributed by atoms with Crippen molar-refractivity contribution in [3.05, 3.63) is 35.9 Å². The summed E-state index contributed by atoms with van der Waals surface area (Å²) >= 11 is 0. The first-order chi connectivity index (χ1) is 11.0. The van der Waals surface area contributed by atoms with Crippen molar-refractivity contribution in [2.45, 2.75) is 32.2 Å². The molecule has 24 heavy (non-hydrogen) atoms. The predicted octanol–water partition coefficient (Wildman–Crippen LogP) is 2.23. The van der Waals surface area contributed by atoms with Gasteiger partial charge in [-0.1, -0.05) is 30.3 Å². The first-order valence-corrected chi connectivity index (χ1v) is 10.0. The molecule has 1 aliphatic heterocycles. The topological polar surface area (TPSA) is 70.6 Å². The molecular weight excluding hydrogens is 437 g/mol. The van der Waals surface area contributed by atoms with Crippen LogP contribution in [0.2, 0.25) is 0 Å². The summed E-state index contributed by atoms with van der Waals surface area (Å²) in [5.41, 5.74) is 1.33. The van der Waals surface area contributed by atoms with Gasteiger partial charge in [0.05, 0.1) is 11.5 Å². The number of nitrogens with one attached hydrogen (secondary N) is 2. The molecule has 0 bridgehead atoms. The standard InChI is InChI=1S/C17H27N3O2S.HI/c1-14(8-9-15-6-4-3-5-7-15)20-17(18-2)19-12-16-10-11-23(21,22)13-16;/h3-7,14,16H,8-13H2,1-2H3,(H2,18,19,20);1H. The minimum atomic E-state index is -2.81. The molecule has 0 amide bonds. The number of benzene rings is 1. The van der Waals surface area contributed by atoms with Crippen molar-refractivity contribution in [3.8, 4) is 0 Å². The number of guanidine groups is 1. The molecule has 5 nitrogen and oxygen atoms in total. The number of aryl methyl sites for hydroxylation is 1. The second-order valence-corrected chi connectivity index (χ2v) is 8.52. The van der Waals surface area contributed by atoms with Crippen LogP contribution in [-0.4, -0.2) is 45.5 Å². The van der Waals surface area contributed by atoms with Gasteiger partial charge in [-0.25, -0.2) is 8.42 Å². The van der Waals surface area contributed by atoms with E-state index < -0.39 is 9.84 Å². The van der Waals surface area contributed by atoms with Gasteiger partial charge in [-0.05, 0) is 37.7 Å². The Morgan fingerprint density at radius 3 is 2.62 bits per heavy atom. The molecule has 136 valence electrons. The van der Waals surface area contributed by atoms with Crippen molar-refractivity contribution in [2.24, 2.45) is 10.9 Å². The highest BCUT2D eigenvalue weighted by molar-refractivity contribution is 14.0. The van der Waals surface area contributed by atoms with E-state index in [4.69, 9.17) is 0 Å². The van der Waals surface area contributed by atoms with Crippen LogP contribution in [0.5, 0.6) is 0 Å². The smallest absolute Gasteiger partial charge is 0.191 e. The van der Waals surface area contributed by atoms with Crippen LogP contribution >= 0.6 is 24.0 Å². The Morgan fingerprint density at radius 2 is 2.04 bits per heavy atom. The molecule has 1 fully saturated rings. The zero-order valence-corrected chi connectivity index (χ0v) is 17.5. The molecule has 2 atom stereocenters. The maximum absolute atomic E-state index is 11.5. The lowest BCUT2D eigenvalue weighted by Gasteiger charge is -2.19. The van der Waals surface area contributed by atoms with Gasteiger partial charge in [0.15, 0.2) is 15.8 Å². The maximum atomic E-state index is 11.5. The van der Waals surface area contributed by atoms with Gasteiger partial charge in [0.1, 0.15) is 0 Å². The quantitative estimate of drug-likeness (QED) is 0.384. The van der Waals surface area contributed by atoms with E-state index in [1.165, 1.54) is 5.56 Å². The van der Waals surface area contributed by atoms with E-state index in [9.17, 15) is 8.42 Å². The summed E-state index contributed by atoms with van der Waals surface area (Å²) in [5.74, 6) is 1.55. The second-order valence-electron chi connectivity index (χ2n) is 6.29. The molecule has 2 N–H and O–H groups in total. The zero-order chi connectivity index (χ0) is 16.7. The Labute approximate surface area is 162 Å². The average Bonchev–Trinajstić information content (AvgIpc) is 2.89. The van der Waals surface area contributed by atoms with Crippen LogP contribution in [0.4, 0.5) is 0 Å². The summed E-state index contributed by atoms with van der Waals surface area (Å²) < 4.78 is 23.0. The SMILES string of the molecule is CN=C(NCC1CCS(=O)(=O)C1)NC(C)CCc1ccccc1.I. The van der Waals surface area contributed by atoms with Crippen LogP contribution in [0.1, 0.15) is 25.3 Å². The first kappa shape index (κ1) is 21.2. The third-order valence-corrected chi connectivity index (χ3v) is 6.04. The van der Waals surface area contributed by atoms with Crippen molar-refractivity contribution in [2.75, 3.05) is 25.1 Å². The Bertz CT molecular complexity index is 620. The molecule has 0 aliphatic carbocycles. The molecule has 1 aromatic rings. The fraction of sp³-hybridized carbons (Fsp3) is 0.588. The second kappa shape index (κ2) is 10.2. The Balaban J connectivity index is 0.00000288. The lowest BCUT2D eigenvalue weighted by atomic mass is 10.1. The molecule has 1 aliphatic rings. The maximum Gasteiger partial charge on any atom is 0.191 e. The van der Waals surface area contributed by atoms with Crippen LogP contribution in [0.3, 0.4) is 0 Å². The van der Waals surface area contributed by atoms with Crippen LogP contribution in [0, 0.1) is 5.92 Å². The van der Waals surface area contributed by atoms with Gasteiger partial charge < -0.3 is 10.6 Å². The van der Waals surface area contributed by atoms with Crippen LogP contribution in [-0.2, 0) is 16.3 Å². The minimum absolute atomic E-state index is 0. The summed E-state index contributed by atoms with van der Waals surface area (Å²) in [4.78, 5) is 4.23. The number of hydrogen-bond donors (Lipinski definition) is 2. The molecule has 1 aromatic carbocycles. The van der Waals surface area contributed by atoms with Crippen LogP contribution in [0.25, 0.3) is 0 Å². The van der Waals surface area contributed by atoms with Gasteiger partial charge in [-0.3, -0.25) is 4.99 Å². The zero-order valence-electron chi connectivity index (χ0n) is 14.4. The first-order valence-electron chi connectivity index (χ1n) is 8.20. The highest BCUT2D eigenvalue weighted by Gasteiger charge is 2.27. The van der Waals surface area contributed by atoms with Crippen LogP contribution < -0.4 is 10.6 Å². The monoisotopic (exact) mass is 465 g/mol. The van der Waals surface area contributed by atoms with Gasteiger partial charge in [0, 0.05) is 19.6 Å². The fourth-order valence-corrected chi connectivity index (χ4v) is 4.66. The van der Waals surface area contributed by atoms with Gasteiger partial charge in [-0.2, -0.15) is 0 Å². The third-order valence-electron chi connectivity index (χ3n) is 4.20. The molecule has 1 heterocycles. The van der Waals surface area contributed by atoms with Crippen molar-refractivity contribution in [1.29, 1.82) is 0 Å². The normalized spacial score (nSPS) is 20.9. The molecular formula is C17H28IN3O2S. The van der Waals surface area contributed by atoms with E-state index in [1.54, 1.807) is 7.05 Å². The van der Waals surface area contributed by atoms with Gasteiger partial charge in [0.2, 0.25) is 0 Å². The average molecular weight is 465 g/mol. The van der Waals surface area contributed by atoms with E-state index >= 15 is 0 Å². The molecule has 2 unspecified atom stereocenters. The molecule has 0 saturated carbocycles. The summed E-state index contributed by atoms with van der Waals surface area (Å²) in [6.07, 6.45) is 2.78. The van der Waals surface area contributed by atoms with Crippen molar-refractivity contribution < 1.29 is 8.42 Å². The van der Waals surface area contributed by atoms with Gasteiger partial charge >= 0.3 is 0 Å². The summed E-state index contributed by atoms with van der Waals surface area (Å²) in [5, 5.41) is 6.62. The molecule has 0 spiro atoms. The number of rotatable bonds is 6. The number of nitrogens with zero attached hydrogens (tertiary/aromatic N) is 1. The fourth-order valence-electron chi connectivity index (χ4n) is 2.80. The predicted molar refractivity (Wildman–Crippen MR) is 111 cm³/mol. The van der Waals surface area contributed by atoms with Crippen molar-refractivity contribution >= 4 is 39.8 Å². The summed E-state index contributed by atoms with van der Waals surface area (Å²) in [6, 6.07) is 10.7. The number of hydrogen-bond acceptors (Lipinski definition) is 3. The minimum Gasteiger partial charge on any atom is -0.356 e. The van der Waals surface area contributed by atoms with E-state index in [1.807, 2.05) is 6.07 Å². The number of aliphatic imine (C=N–C) groups is 1. The van der Waals surface area contributed by atoms with Crippen molar-refractivity contribution in [3.63, 3.8) is 0 Å². The molecule has 0 radical (unpaired) electrons. The lowest BCUT2D eigenvalue weighted by molar-refractivity contribution is 0.551. The molecule has 0 aromatic heterocycles. The summed E-state index contributed by atoms with van der Waals surface area (Å²) in [6.45, 7) is 2.79. The van der Waals surface area contributed by atoms with E-state index in [-0.39, 0.29) is 29.9 Å². The highest BCUT2D eigenvalue weighted by atomic mass is 127. The molecule has 2 rings (SSSR count). The van der Waals surface area contributed by atoms with Gasteiger partial charge in [0.25, 0.3) is 0 Å². The largest absolute Gasteiger partial charge is 0.356 e. The highest BCUT2D eigenvalue weighted by Crippen LogP contribution is 2.17. The van der Waals surface area contributed by atoms with E-state index in [0.717, 1.165) is 25.2 Å². The lowest BCUT2D eigenvalue weighted by Crippen LogP contribution is -2.44. The Kier molecular flexibility index (Phi) is 9.04. The van der Waals surface area contributed by atoms with Crippen molar-refractivity contribution in [1.82, 2.24) is 10.6 Å². The van der Waals surface area contributed by atoms with Crippen LogP contribution in [0.15, 0.2) is 35.3 Å². The Morgan fingerprint density at radius 1 is 1.33 bits per heavy atom. The van der Waals surface area contributed by atoms with E-state index in [0.29, 0.717) is 24.1 Å². The Hall–Kier alpha value is -0.830. The van der Waals surface area contributed by atoms with E-state index in [2.05, 4.69) is 46.8 Å². The third kappa shape index (κ3) is 7.38. The number of sulfone groups is 1. The molecule has 1 saturated heterocycles. The summed E-state index contributed by atoms with van der Waals surface area (Å²) in [7, 11) is -1.07. The number of halogens is 1. The molecule has 7 heteroatoms.